The van der Waals surface area contributed by atoms with Gasteiger partial charge in [-0.15, -0.1) is 11.3 Å². The van der Waals surface area contributed by atoms with Gasteiger partial charge in [-0.25, -0.2) is 21.6 Å². The fraction of sp³-hybridized carbons (Fsp3) is 0.318. The molecular weight excluding hydrogens is 584 g/mol. The average molecular weight is 609 g/mol. The normalized spacial score (nSPS) is 12.9. The van der Waals surface area contributed by atoms with Gasteiger partial charge in [0.2, 0.25) is 11.5 Å². The third kappa shape index (κ3) is 6.89. The summed E-state index contributed by atoms with van der Waals surface area (Å²) in [7, 11) is -10.1. The highest BCUT2D eigenvalue weighted by Gasteiger charge is 2.37. The lowest BCUT2D eigenvalue weighted by atomic mass is 10.1. The van der Waals surface area contributed by atoms with E-state index in [-0.39, 0.29) is 37.6 Å². The number of halogens is 3. The molecule has 1 atom stereocenters. The Kier molecular flexibility index (Phi) is 9.97. The molecule has 0 saturated heterocycles. The number of hydrogen-bond donors (Lipinski definition) is 5. The first kappa shape index (κ1) is 30.8. The summed E-state index contributed by atoms with van der Waals surface area (Å²) in [5.74, 6) is -6.83. The Morgan fingerprint density at radius 3 is 2.15 bits per heavy atom. The van der Waals surface area contributed by atoms with Gasteiger partial charge in [0.05, 0.1) is 23.5 Å². The smallest absolute Gasteiger partial charge is 0.347 e. The van der Waals surface area contributed by atoms with Crippen LogP contribution in [0.15, 0.2) is 28.5 Å². The topological polar surface area (TPSA) is 198 Å². The van der Waals surface area contributed by atoms with Gasteiger partial charge in [-0.2, -0.15) is 9.98 Å². The molecular formula is C22H24F3N4O7PS2. The first-order chi connectivity index (χ1) is 18.3. The number of nitrogens with one attached hydrogen (secondary N) is 1. The van der Waals surface area contributed by atoms with Gasteiger partial charge in [0, 0.05) is 5.39 Å². The summed E-state index contributed by atoms with van der Waals surface area (Å²) in [6.45, 7) is 0.223. The lowest BCUT2D eigenvalue weighted by Gasteiger charge is -2.20. The molecule has 2 aromatic carbocycles. The van der Waals surface area contributed by atoms with Crippen molar-refractivity contribution >= 4 is 39.0 Å². The van der Waals surface area contributed by atoms with Crippen LogP contribution >= 0.6 is 18.9 Å². The summed E-state index contributed by atoms with van der Waals surface area (Å²) in [6.07, 6.45) is 0.600. The van der Waals surface area contributed by atoms with E-state index in [1.807, 2.05) is 0 Å². The minimum Gasteiger partial charge on any atom is -0.487 e. The number of fused-ring (bicyclic) bond motifs is 1. The zero-order chi connectivity index (χ0) is 29.0. The summed E-state index contributed by atoms with van der Waals surface area (Å²) in [6, 6.07) is 4.79. The fourth-order valence-electron chi connectivity index (χ4n) is 3.35. The molecule has 0 saturated carbocycles. The van der Waals surface area contributed by atoms with Crippen molar-refractivity contribution in [3.8, 4) is 17.6 Å². The Morgan fingerprint density at radius 2 is 1.64 bits per heavy atom. The lowest BCUT2D eigenvalue weighted by molar-refractivity contribution is 0.247. The molecule has 0 aliphatic rings. The molecule has 3 rings (SSSR count). The van der Waals surface area contributed by atoms with Crippen LogP contribution in [0.25, 0.3) is 10.1 Å². The van der Waals surface area contributed by atoms with Crippen LogP contribution in [0.2, 0.25) is 0 Å². The van der Waals surface area contributed by atoms with Gasteiger partial charge in [0.15, 0.2) is 11.6 Å². The van der Waals surface area contributed by atoms with Gasteiger partial charge in [-0.05, 0) is 49.7 Å². The number of nitrogens with two attached hydrogens (primary N) is 2. The molecule has 0 spiro atoms. The van der Waals surface area contributed by atoms with Crippen molar-refractivity contribution in [2.24, 2.45) is 11.5 Å². The highest BCUT2D eigenvalue weighted by molar-refractivity contribution is 7.92. The van der Waals surface area contributed by atoms with Crippen LogP contribution in [0.5, 0.6) is 11.5 Å². The van der Waals surface area contributed by atoms with Crippen molar-refractivity contribution in [1.82, 2.24) is 4.72 Å². The average Bonchev–Trinajstić information content (AvgIpc) is 3.34. The Bertz CT molecular complexity index is 1500. The number of benzene rings is 2. The number of rotatable bonds is 13. The summed E-state index contributed by atoms with van der Waals surface area (Å²) >= 11 is 0.277. The maximum Gasteiger partial charge on any atom is 0.347 e. The van der Waals surface area contributed by atoms with Crippen molar-refractivity contribution < 1.29 is 45.4 Å². The maximum atomic E-state index is 15.5. The van der Waals surface area contributed by atoms with E-state index in [9.17, 15) is 27.2 Å². The van der Waals surface area contributed by atoms with E-state index >= 15 is 8.78 Å². The van der Waals surface area contributed by atoms with Gasteiger partial charge >= 0.3 is 7.60 Å². The highest BCUT2D eigenvalue weighted by Crippen LogP contribution is 2.51. The predicted molar refractivity (Wildman–Crippen MR) is 136 cm³/mol. The van der Waals surface area contributed by atoms with E-state index in [4.69, 9.17) is 26.2 Å². The molecule has 0 radical (unpaired) electrons. The van der Waals surface area contributed by atoms with Gasteiger partial charge in [-0.1, -0.05) is 6.07 Å². The molecule has 39 heavy (non-hydrogen) atoms. The van der Waals surface area contributed by atoms with Crippen LogP contribution < -0.4 is 25.7 Å². The van der Waals surface area contributed by atoms with Crippen molar-refractivity contribution in [2.75, 3.05) is 26.3 Å². The van der Waals surface area contributed by atoms with E-state index in [0.29, 0.717) is 18.9 Å². The van der Waals surface area contributed by atoms with Gasteiger partial charge in [-0.3, -0.25) is 4.57 Å². The number of sulfonamides is 1. The SMILES string of the molecule is N#Cc1ccc(C(NS(=O)(=O)c2cc3c(F)c(OCCCN)c(OCCCN)c(F)c3s2)P(=O)(O)O)cc1F. The van der Waals surface area contributed by atoms with Crippen LogP contribution in [0.3, 0.4) is 0 Å². The predicted octanol–water partition coefficient (Wildman–Crippen LogP) is 2.80. The van der Waals surface area contributed by atoms with Crippen molar-refractivity contribution in [2.45, 2.75) is 22.8 Å². The number of thiophene rings is 1. The molecule has 1 unspecified atom stereocenters. The monoisotopic (exact) mass is 608 g/mol. The van der Waals surface area contributed by atoms with Gasteiger partial charge in [0.1, 0.15) is 21.9 Å². The minimum absolute atomic E-state index is 0.0885. The minimum atomic E-state index is -5.30. The molecule has 1 heterocycles. The molecule has 0 aliphatic carbocycles. The van der Waals surface area contributed by atoms with Crippen molar-refractivity contribution in [1.29, 1.82) is 5.26 Å². The van der Waals surface area contributed by atoms with E-state index in [2.05, 4.69) is 0 Å². The fourth-order valence-corrected chi connectivity index (χ4v) is 7.34. The molecule has 0 amide bonds. The van der Waals surface area contributed by atoms with Crippen LogP contribution in [0.1, 0.15) is 29.8 Å². The van der Waals surface area contributed by atoms with E-state index < -0.39 is 77.8 Å². The van der Waals surface area contributed by atoms with E-state index in [1.165, 1.54) is 6.07 Å². The van der Waals surface area contributed by atoms with Gasteiger partial charge < -0.3 is 30.7 Å². The standard InChI is InChI=1S/C22H24F3N4O7PS2/c23-15-9-12(3-4-13(15)11-28)22(37(30,31)32)29-39(33,34)16-10-14-17(24)19(35-7-1-5-26)20(36-8-2-6-27)18(25)21(14)38-16/h3-4,9-10,22,29H,1-2,5-8,26-27H2,(H2,30,31,32). The molecule has 0 bridgehead atoms. The lowest BCUT2D eigenvalue weighted by Crippen LogP contribution is -2.28. The summed E-state index contributed by atoms with van der Waals surface area (Å²) < 4.78 is 94.7. The Morgan fingerprint density at radius 1 is 1.05 bits per heavy atom. The number of hydrogen-bond acceptors (Lipinski definition) is 9. The molecule has 7 N–H and O–H groups in total. The summed E-state index contributed by atoms with van der Waals surface area (Å²) in [5.41, 5.74) is 9.92. The molecule has 0 aliphatic heterocycles. The summed E-state index contributed by atoms with van der Waals surface area (Å²) in [4.78, 5) is 19.6. The molecule has 212 valence electrons. The molecule has 0 fully saturated rings. The third-order valence-electron chi connectivity index (χ3n) is 5.24. The number of nitrogens with zero attached hydrogens (tertiary/aromatic N) is 1. The summed E-state index contributed by atoms with van der Waals surface area (Å²) in [5, 5.41) is 8.39. The molecule has 11 nitrogen and oxygen atoms in total. The van der Waals surface area contributed by atoms with Crippen molar-refractivity contribution in [3.63, 3.8) is 0 Å². The first-order valence-corrected chi connectivity index (χ1v) is 15.2. The second kappa shape index (κ2) is 12.6. The Balaban J connectivity index is 2.09. The van der Waals surface area contributed by atoms with Gasteiger partial charge in [0.25, 0.3) is 10.0 Å². The van der Waals surface area contributed by atoms with Crippen LogP contribution in [0.4, 0.5) is 13.2 Å². The molecule has 17 heteroatoms. The van der Waals surface area contributed by atoms with Crippen molar-refractivity contribution in [3.05, 3.63) is 52.8 Å². The van der Waals surface area contributed by atoms with E-state index in [1.54, 1.807) is 4.72 Å². The quantitative estimate of drug-likeness (QED) is 0.142. The van der Waals surface area contributed by atoms with Crippen LogP contribution in [-0.2, 0) is 14.6 Å². The molecule has 1 aromatic heterocycles. The second-order valence-electron chi connectivity index (χ2n) is 8.04. The molecule has 3 aromatic rings. The third-order valence-corrected chi connectivity index (χ3v) is 9.54. The first-order valence-electron chi connectivity index (χ1n) is 11.2. The maximum absolute atomic E-state index is 15.5. The highest BCUT2D eigenvalue weighted by atomic mass is 32.2. The van der Waals surface area contributed by atoms with Crippen LogP contribution in [-0.4, -0.2) is 44.5 Å². The Labute approximate surface area is 225 Å². The number of ether oxygens (including phenoxy) is 2. The number of nitriles is 1. The zero-order valence-electron chi connectivity index (χ0n) is 20.1. The zero-order valence-corrected chi connectivity index (χ0v) is 22.6. The Hall–Kier alpha value is -2.74. The largest absolute Gasteiger partial charge is 0.487 e. The van der Waals surface area contributed by atoms with Crippen LogP contribution in [0, 0.1) is 28.8 Å². The second-order valence-corrected chi connectivity index (χ2v) is 12.7. The van der Waals surface area contributed by atoms with E-state index in [0.717, 1.165) is 18.2 Å².